The van der Waals surface area contributed by atoms with Crippen molar-refractivity contribution in [2.75, 3.05) is 32.1 Å². The normalized spacial score (nSPS) is 14.3. The van der Waals surface area contributed by atoms with E-state index in [0.717, 1.165) is 19.3 Å². The molecule has 1 aliphatic heterocycles. The van der Waals surface area contributed by atoms with Gasteiger partial charge in [-0.15, -0.1) is 0 Å². The summed E-state index contributed by atoms with van der Waals surface area (Å²) in [6.45, 7) is 8.87. The largest absolute Gasteiger partial charge is 0.491 e. The summed E-state index contributed by atoms with van der Waals surface area (Å²) >= 11 is 12.3. The Kier molecular flexibility index (Phi) is 9.36. The number of likely N-dealkylation sites (tertiary alicyclic amines) is 1. The van der Waals surface area contributed by atoms with Crippen LogP contribution in [-0.4, -0.2) is 60.3 Å². The fraction of sp³-hybridized carbons (Fsp3) is 0.500. The summed E-state index contributed by atoms with van der Waals surface area (Å²) < 4.78 is 16.3. The van der Waals surface area contributed by atoms with Gasteiger partial charge in [0.1, 0.15) is 17.0 Å². The van der Waals surface area contributed by atoms with E-state index in [0.29, 0.717) is 42.7 Å². The maximum atomic E-state index is 12.8. The molecule has 1 saturated heterocycles. The van der Waals surface area contributed by atoms with Crippen LogP contribution >= 0.6 is 23.2 Å². The standard InChI is InChI=1S/C26H33Cl2N3O6/c1-15-20(27)21(28)22(29-15)23(32)30-18-7-6-17(24(33)35-5)14-19(18)36-13-10-16-8-11-31(12-9-16)25(34)37-26(2,3)4/h6-7,14,16,29H,8-13H2,1-5H3,(H,30,32). The van der Waals surface area contributed by atoms with Gasteiger partial charge >= 0.3 is 12.1 Å². The highest BCUT2D eigenvalue weighted by molar-refractivity contribution is 6.44. The lowest BCUT2D eigenvalue weighted by Gasteiger charge is -2.33. The van der Waals surface area contributed by atoms with Crippen molar-refractivity contribution in [3.63, 3.8) is 0 Å². The number of amides is 2. The molecule has 0 unspecified atom stereocenters. The summed E-state index contributed by atoms with van der Waals surface area (Å²) in [5.41, 5.74) is 0.844. The van der Waals surface area contributed by atoms with Crippen LogP contribution in [0.25, 0.3) is 0 Å². The van der Waals surface area contributed by atoms with Gasteiger partial charge in [0.25, 0.3) is 5.91 Å². The quantitative estimate of drug-likeness (QED) is 0.401. The second kappa shape index (κ2) is 12.1. The molecule has 0 aliphatic carbocycles. The number of nitrogens with one attached hydrogen (secondary N) is 2. The molecule has 2 amide bonds. The number of hydrogen-bond acceptors (Lipinski definition) is 6. The molecule has 0 radical (unpaired) electrons. The first kappa shape index (κ1) is 28.7. The van der Waals surface area contributed by atoms with E-state index in [1.54, 1.807) is 17.9 Å². The minimum absolute atomic E-state index is 0.128. The monoisotopic (exact) mass is 553 g/mol. The van der Waals surface area contributed by atoms with Gasteiger partial charge < -0.3 is 29.4 Å². The van der Waals surface area contributed by atoms with Crippen LogP contribution in [0.5, 0.6) is 5.75 Å². The Hall–Kier alpha value is -2.91. The summed E-state index contributed by atoms with van der Waals surface area (Å²) in [5, 5.41) is 3.18. The van der Waals surface area contributed by atoms with Gasteiger partial charge in [0.15, 0.2) is 0 Å². The number of esters is 1. The fourth-order valence-electron chi connectivity index (χ4n) is 3.97. The van der Waals surface area contributed by atoms with Gasteiger partial charge in [0.2, 0.25) is 0 Å². The lowest BCUT2D eigenvalue weighted by atomic mass is 9.94. The molecule has 1 aromatic carbocycles. The molecule has 11 heteroatoms. The van der Waals surface area contributed by atoms with Crippen LogP contribution in [0, 0.1) is 12.8 Å². The molecule has 0 bridgehead atoms. The van der Waals surface area contributed by atoms with Gasteiger partial charge in [0.05, 0.1) is 35.0 Å². The number of rotatable bonds is 7. The molecule has 37 heavy (non-hydrogen) atoms. The molecule has 1 fully saturated rings. The second-order valence-electron chi connectivity index (χ2n) is 9.96. The third-order valence-electron chi connectivity index (χ3n) is 5.98. The minimum Gasteiger partial charge on any atom is -0.491 e. The number of benzene rings is 1. The van der Waals surface area contributed by atoms with Gasteiger partial charge in [-0.1, -0.05) is 23.2 Å². The number of halogens is 2. The molecule has 0 saturated carbocycles. The van der Waals surface area contributed by atoms with E-state index in [-0.39, 0.29) is 27.4 Å². The lowest BCUT2D eigenvalue weighted by molar-refractivity contribution is 0.0177. The Balaban J connectivity index is 1.63. The zero-order chi connectivity index (χ0) is 27.3. The molecular weight excluding hydrogens is 521 g/mol. The first-order valence-electron chi connectivity index (χ1n) is 12.1. The number of aromatic nitrogens is 1. The number of H-pyrrole nitrogens is 1. The highest BCUT2D eigenvalue weighted by Gasteiger charge is 2.27. The molecule has 9 nitrogen and oxygen atoms in total. The van der Waals surface area contributed by atoms with Crippen LogP contribution in [0.15, 0.2) is 18.2 Å². The predicted molar refractivity (Wildman–Crippen MR) is 142 cm³/mol. The molecule has 2 aromatic rings. The third-order valence-corrected chi connectivity index (χ3v) is 6.93. The van der Waals surface area contributed by atoms with Crippen molar-refractivity contribution in [3.05, 3.63) is 45.2 Å². The van der Waals surface area contributed by atoms with Crippen molar-refractivity contribution in [2.24, 2.45) is 5.92 Å². The van der Waals surface area contributed by atoms with E-state index in [4.69, 9.17) is 37.4 Å². The fourth-order valence-corrected chi connectivity index (χ4v) is 4.39. The maximum absolute atomic E-state index is 12.8. The zero-order valence-corrected chi connectivity index (χ0v) is 23.2. The maximum Gasteiger partial charge on any atom is 0.410 e. The number of carbonyl (C=O) groups is 3. The first-order chi connectivity index (χ1) is 17.4. The van der Waals surface area contributed by atoms with Crippen molar-refractivity contribution in [2.45, 2.75) is 52.6 Å². The van der Waals surface area contributed by atoms with Crippen molar-refractivity contribution in [1.82, 2.24) is 9.88 Å². The highest BCUT2D eigenvalue weighted by Crippen LogP contribution is 2.32. The van der Waals surface area contributed by atoms with Crippen LogP contribution in [0.2, 0.25) is 10.0 Å². The van der Waals surface area contributed by atoms with Gasteiger partial charge in [-0.05, 0) is 71.1 Å². The van der Waals surface area contributed by atoms with Crippen molar-refractivity contribution < 1.29 is 28.6 Å². The van der Waals surface area contributed by atoms with E-state index >= 15 is 0 Å². The van der Waals surface area contributed by atoms with Crippen molar-refractivity contribution in [1.29, 1.82) is 0 Å². The van der Waals surface area contributed by atoms with Crippen molar-refractivity contribution in [3.8, 4) is 5.75 Å². The molecule has 2 N–H and O–H groups in total. The van der Waals surface area contributed by atoms with Crippen LogP contribution in [0.4, 0.5) is 10.5 Å². The Morgan fingerprint density at radius 1 is 1.14 bits per heavy atom. The number of ether oxygens (including phenoxy) is 3. The van der Waals surface area contributed by atoms with E-state index < -0.39 is 17.5 Å². The molecule has 1 aromatic heterocycles. The molecule has 202 valence electrons. The van der Waals surface area contributed by atoms with Crippen LogP contribution < -0.4 is 10.1 Å². The Labute approximate surface area is 226 Å². The van der Waals surface area contributed by atoms with Crippen LogP contribution in [0.3, 0.4) is 0 Å². The minimum atomic E-state index is -0.523. The van der Waals surface area contributed by atoms with E-state index in [9.17, 15) is 14.4 Å². The summed E-state index contributed by atoms with van der Waals surface area (Å²) in [6, 6.07) is 4.64. The molecule has 1 aliphatic rings. The highest BCUT2D eigenvalue weighted by atomic mass is 35.5. The average Bonchev–Trinajstić information content (AvgIpc) is 3.11. The molecule has 2 heterocycles. The number of aromatic amines is 1. The third kappa shape index (κ3) is 7.55. The number of nitrogens with zero attached hydrogens (tertiary/aromatic N) is 1. The summed E-state index contributed by atoms with van der Waals surface area (Å²) in [6.07, 6.45) is 2.12. The molecule has 0 atom stereocenters. The molecular formula is C26H33Cl2N3O6. The number of aryl methyl sites for hydroxylation is 1. The molecule has 3 rings (SSSR count). The Morgan fingerprint density at radius 3 is 2.38 bits per heavy atom. The smallest absolute Gasteiger partial charge is 0.410 e. The number of carbonyl (C=O) groups excluding carboxylic acids is 3. The van der Waals surface area contributed by atoms with Gasteiger partial charge in [0, 0.05) is 18.8 Å². The SMILES string of the molecule is COC(=O)c1ccc(NC(=O)c2[nH]c(C)c(Cl)c2Cl)c(OCCC2CCN(C(=O)OC(C)(C)C)CC2)c1. The molecule has 0 spiro atoms. The van der Waals surface area contributed by atoms with Crippen molar-refractivity contribution >= 4 is 46.9 Å². The summed E-state index contributed by atoms with van der Waals surface area (Å²) in [5.74, 6) is -0.325. The van der Waals surface area contributed by atoms with Crippen LogP contribution in [0.1, 0.15) is 66.6 Å². The predicted octanol–water partition coefficient (Wildman–Crippen LogP) is 6.08. The number of piperidine rings is 1. The first-order valence-corrected chi connectivity index (χ1v) is 12.8. The van der Waals surface area contributed by atoms with E-state index in [2.05, 4.69) is 10.3 Å². The number of anilines is 1. The van der Waals surface area contributed by atoms with Gasteiger partial charge in [-0.25, -0.2) is 9.59 Å². The van der Waals surface area contributed by atoms with E-state index in [1.807, 2.05) is 20.8 Å². The second-order valence-corrected chi connectivity index (χ2v) is 10.7. The number of hydrogen-bond donors (Lipinski definition) is 2. The van der Waals surface area contributed by atoms with Crippen LogP contribution in [-0.2, 0) is 9.47 Å². The topological polar surface area (TPSA) is 110 Å². The Bertz CT molecular complexity index is 1150. The summed E-state index contributed by atoms with van der Waals surface area (Å²) in [7, 11) is 1.29. The Morgan fingerprint density at radius 2 is 1.81 bits per heavy atom. The lowest BCUT2D eigenvalue weighted by Crippen LogP contribution is -2.41. The van der Waals surface area contributed by atoms with E-state index in [1.165, 1.54) is 19.2 Å². The number of methoxy groups -OCH3 is 1. The zero-order valence-electron chi connectivity index (χ0n) is 21.7. The van der Waals surface area contributed by atoms with Gasteiger partial charge in [-0.3, -0.25) is 4.79 Å². The average molecular weight is 554 g/mol. The summed E-state index contributed by atoms with van der Waals surface area (Å²) in [4.78, 5) is 41.8. The van der Waals surface area contributed by atoms with Gasteiger partial charge in [-0.2, -0.15) is 0 Å².